The van der Waals surface area contributed by atoms with Crippen molar-refractivity contribution in [3.63, 3.8) is 0 Å². The third kappa shape index (κ3) is 5.09. The molecular formula is C21H26ClN3O3. The first-order valence-corrected chi connectivity index (χ1v) is 9.71. The summed E-state index contributed by atoms with van der Waals surface area (Å²) in [5, 5.41) is 3.73. The van der Waals surface area contributed by atoms with Gasteiger partial charge >= 0.3 is 0 Å². The number of amides is 1. The highest BCUT2D eigenvalue weighted by molar-refractivity contribution is 6.30. The van der Waals surface area contributed by atoms with Crippen molar-refractivity contribution >= 4 is 23.2 Å². The summed E-state index contributed by atoms with van der Waals surface area (Å²) in [5.74, 6) is 1.03. The summed E-state index contributed by atoms with van der Waals surface area (Å²) >= 11 is 5.96. The third-order valence-corrected chi connectivity index (χ3v) is 5.18. The third-order valence-electron chi connectivity index (χ3n) is 4.93. The Morgan fingerprint density at radius 3 is 2.39 bits per heavy atom. The summed E-state index contributed by atoms with van der Waals surface area (Å²) in [6.07, 6.45) is 0. The lowest BCUT2D eigenvalue weighted by molar-refractivity contribution is 0.0944. The molecule has 2 aromatic rings. The molecular weight excluding hydrogens is 378 g/mol. The van der Waals surface area contributed by atoms with Crippen LogP contribution >= 0.6 is 11.6 Å². The Morgan fingerprint density at radius 2 is 1.75 bits per heavy atom. The van der Waals surface area contributed by atoms with E-state index in [1.807, 2.05) is 12.1 Å². The molecule has 0 aromatic heterocycles. The summed E-state index contributed by atoms with van der Waals surface area (Å²) in [5.41, 5.74) is 1.71. The number of carbonyl (C=O) groups excluding carboxylic acids is 1. The van der Waals surface area contributed by atoms with Gasteiger partial charge in [-0.2, -0.15) is 0 Å². The monoisotopic (exact) mass is 403 g/mol. The predicted molar refractivity (Wildman–Crippen MR) is 112 cm³/mol. The van der Waals surface area contributed by atoms with E-state index in [4.69, 9.17) is 21.1 Å². The summed E-state index contributed by atoms with van der Waals surface area (Å²) < 4.78 is 10.5. The van der Waals surface area contributed by atoms with Gasteiger partial charge in [0.25, 0.3) is 5.91 Å². The minimum absolute atomic E-state index is 0.140. The number of halogens is 1. The Labute approximate surface area is 171 Å². The van der Waals surface area contributed by atoms with Crippen LogP contribution in [0.3, 0.4) is 0 Å². The van der Waals surface area contributed by atoms with Crippen LogP contribution < -0.4 is 19.7 Å². The lowest BCUT2D eigenvalue weighted by Crippen LogP contribution is -2.48. The number of nitrogens with one attached hydrogen (secondary N) is 1. The van der Waals surface area contributed by atoms with E-state index in [-0.39, 0.29) is 5.91 Å². The van der Waals surface area contributed by atoms with Gasteiger partial charge in [0, 0.05) is 56.0 Å². The molecule has 1 amide bonds. The summed E-state index contributed by atoms with van der Waals surface area (Å²) in [7, 11) is 3.13. The zero-order chi connectivity index (χ0) is 19.9. The highest BCUT2D eigenvalue weighted by Gasteiger charge is 2.18. The summed E-state index contributed by atoms with van der Waals surface area (Å²) in [6, 6.07) is 13.1. The van der Waals surface area contributed by atoms with E-state index in [0.29, 0.717) is 23.6 Å². The topological polar surface area (TPSA) is 54.0 Å². The van der Waals surface area contributed by atoms with Crippen molar-refractivity contribution in [2.75, 3.05) is 58.4 Å². The largest absolute Gasteiger partial charge is 0.497 e. The average Bonchev–Trinajstić information content (AvgIpc) is 2.74. The second kappa shape index (κ2) is 9.66. The first-order chi connectivity index (χ1) is 13.6. The van der Waals surface area contributed by atoms with E-state index in [0.717, 1.165) is 37.7 Å². The van der Waals surface area contributed by atoms with E-state index in [9.17, 15) is 4.79 Å². The normalized spacial score (nSPS) is 14.6. The number of benzene rings is 2. The smallest absolute Gasteiger partial charge is 0.255 e. The second-order valence-corrected chi connectivity index (χ2v) is 7.06. The first kappa shape index (κ1) is 20.3. The van der Waals surface area contributed by atoms with Crippen molar-refractivity contribution in [2.45, 2.75) is 0 Å². The van der Waals surface area contributed by atoms with Gasteiger partial charge in [0.1, 0.15) is 11.5 Å². The molecule has 150 valence electrons. The summed E-state index contributed by atoms with van der Waals surface area (Å²) in [4.78, 5) is 17.2. The van der Waals surface area contributed by atoms with Crippen LogP contribution in [-0.4, -0.2) is 64.3 Å². The molecule has 0 bridgehead atoms. The zero-order valence-corrected chi connectivity index (χ0v) is 17.0. The molecule has 0 aliphatic carbocycles. The molecule has 0 atom stereocenters. The molecule has 1 saturated heterocycles. The highest BCUT2D eigenvalue weighted by atomic mass is 35.5. The van der Waals surface area contributed by atoms with Gasteiger partial charge in [0.15, 0.2) is 0 Å². The van der Waals surface area contributed by atoms with Crippen molar-refractivity contribution in [1.82, 2.24) is 10.2 Å². The number of ether oxygens (including phenoxy) is 2. The van der Waals surface area contributed by atoms with Gasteiger partial charge in [-0.15, -0.1) is 0 Å². The molecule has 0 saturated carbocycles. The van der Waals surface area contributed by atoms with Crippen molar-refractivity contribution in [3.8, 4) is 11.5 Å². The van der Waals surface area contributed by atoms with Crippen LogP contribution in [0.1, 0.15) is 10.4 Å². The van der Waals surface area contributed by atoms with E-state index in [1.54, 1.807) is 32.4 Å². The molecule has 1 fully saturated rings. The first-order valence-electron chi connectivity index (χ1n) is 9.34. The number of rotatable bonds is 7. The second-order valence-electron chi connectivity index (χ2n) is 6.63. The van der Waals surface area contributed by atoms with Crippen LogP contribution in [0.25, 0.3) is 0 Å². The molecule has 0 unspecified atom stereocenters. The van der Waals surface area contributed by atoms with Gasteiger partial charge in [-0.25, -0.2) is 0 Å². The van der Waals surface area contributed by atoms with E-state index >= 15 is 0 Å². The zero-order valence-electron chi connectivity index (χ0n) is 16.3. The fourth-order valence-corrected chi connectivity index (χ4v) is 3.42. The standard InChI is InChI=1S/C21H26ClN3O3/c1-27-18-7-8-19(20(15-18)28-2)21(26)23-9-10-24-11-13-25(14-12-24)17-5-3-16(22)4-6-17/h3-8,15H,9-14H2,1-2H3,(H,23,26). The van der Waals surface area contributed by atoms with Crippen molar-refractivity contribution in [3.05, 3.63) is 53.1 Å². The van der Waals surface area contributed by atoms with Crippen molar-refractivity contribution in [2.24, 2.45) is 0 Å². The molecule has 7 heteroatoms. The van der Waals surface area contributed by atoms with Crippen molar-refractivity contribution in [1.29, 1.82) is 0 Å². The lowest BCUT2D eigenvalue weighted by Gasteiger charge is -2.36. The molecule has 1 heterocycles. The molecule has 6 nitrogen and oxygen atoms in total. The van der Waals surface area contributed by atoms with Gasteiger partial charge < -0.3 is 19.7 Å². The van der Waals surface area contributed by atoms with Gasteiger partial charge in [0.05, 0.1) is 19.8 Å². The Bertz CT molecular complexity index is 790. The predicted octanol–water partition coefficient (Wildman–Crippen LogP) is 2.91. The molecule has 1 aliphatic rings. The van der Waals surface area contributed by atoms with Gasteiger partial charge in [0.2, 0.25) is 0 Å². The van der Waals surface area contributed by atoms with Crippen LogP contribution in [-0.2, 0) is 0 Å². The van der Waals surface area contributed by atoms with Crippen LogP contribution in [0.4, 0.5) is 5.69 Å². The number of carbonyl (C=O) groups is 1. The summed E-state index contributed by atoms with van der Waals surface area (Å²) in [6.45, 7) is 5.26. The Hall–Kier alpha value is -2.44. The highest BCUT2D eigenvalue weighted by Crippen LogP contribution is 2.24. The average molecular weight is 404 g/mol. The van der Waals surface area contributed by atoms with Crippen LogP contribution in [0, 0.1) is 0 Å². The maximum Gasteiger partial charge on any atom is 0.255 e. The molecule has 3 rings (SSSR count). The fraction of sp³-hybridized carbons (Fsp3) is 0.381. The Morgan fingerprint density at radius 1 is 1.04 bits per heavy atom. The number of piperazine rings is 1. The maximum atomic E-state index is 12.5. The van der Waals surface area contributed by atoms with Crippen molar-refractivity contribution < 1.29 is 14.3 Å². The van der Waals surface area contributed by atoms with E-state index in [2.05, 4.69) is 27.2 Å². The molecule has 0 radical (unpaired) electrons. The quantitative estimate of drug-likeness (QED) is 0.770. The SMILES string of the molecule is COc1ccc(C(=O)NCCN2CCN(c3ccc(Cl)cc3)CC2)c(OC)c1. The number of methoxy groups -OCH3 is 2. The van der Waals surface area contributed by atoms with E-state index in [1.165, 1.54) is 5.69 Å². The van der Waals surface area contributed by atoms with Crippen LogP contribution in [0.2, 0.25) is 5.02 Å². The Balaban J connectivity index is 1.44. The maximum absolute atomic E-state index is 12.5. The van der Waals surface area contributed by atoms with Gasteiger partial charge in [-0.05, 0) is 36.4 Å². The molecule has 1 aliphatic heterocycles. The van der Waals surface area contributed by atoms with E-state index < -0.39 is 0 Å². The molecule has 0 spiro atoms. The van der Waals surface area contributed by atoms with Gasteiger partial charge in [-0.3, -0.25) is 9.69 Å². The minimum atomic E-state index is -0.140. The Kier molecular flexibility index (Phi) is 7.01. The van der Waals surface area contributed by atoms with Crippen LogP contribution in [0.15, 0.2) is 42.5 Å². The van der Waals surface area contributed by atoms with Gasteiger partial charge in [-0.1, -0.05) is 11.6 Å². The number of nitrogens with zero attached hydrogens (tertiary/aromatic N) is 2. The van der Waals surface area contributed by atoms with Crippen LogP contribution in [0.5, 0.6) is 11.5 Å². The molecule has 1 N–H and O–H groups in total. The minimum Gasteiger partial charge on any atom is -0.497 e. The molecule has 2 aromatic carbocycles. The number of hydrogen-bond acceptors (Lipinski definition) is 5. The number of anilines is 1. The fourth-order valence-electron chi connectivity index (χ4n) is 3.29. The molecule has 28 heavy (non-hydrogen) atoms. The number of hydrogen-bond donors (Lipinski definition) is 1. The lowest BCUT2D eigenvalue weighted by atomic mass is 10.1.